The Balaban J connectivity index is 2.60. The second-order valence-electron chi connectivity index (χ2n) is 3.83. The number of carboxylic acids is 1. The molecule has 0 aliphatic rings. The van der Waals surface area contributed by atoms with Gasteiger partial charge in [0, 0.05) is 31.1 Å². The van der Waals surface area contributed by atoms with Gasteiger partial charge in [0.25, 0.3) is 0 Å². The van der Waals surface area contributed by atoms with Crippen LogP contribution in [-0.4, -0.2) is 51.3 Å². The Bertz CT molecular complexity index is 442. The van der Waals surface area contributed by atoms with Gasteiger partial charge in [-0.25, -0.2) is 14.6 Å². The molecule has 0 radical (unpaired) electrons. The highest BCUT2D eigenvalue weighted by Crippen LogP contribution is 2.02. The molecule has 0 aliphatic carbocycles. The zero-order chi connectivity index (χ0) is 14.3. The highest BCUT2D eigenvalue weighted by molar-refractivity contribution is 5.87. The second-order valence-corrected chi connectivity index (χ2v) is 3.83. The number of nitrogens with zero attached hydrogens (tertiary/aromatic N) is 3. The Morgan fingerprint density at radius 1 is 1.53 bits per heavy atom. The van der Waals surface area contributed by atoms with Crippen molar-refractivity contribution in [1.82, 2.24) is 14.5 Å². The summed E-state index contributed by atoms with van der Waals surface area (Å²) in [5.74, 6) is -1.13. The van der Waals surface area contributed by atoms with E-state index >= 15 is 0 Å². The predicted molar refractivity (Wildman–Crippen MR) is 67.6 cm³/mol. The number of hydrogen-bond donors (Lipinski definition) is 1. The van der Waals surface area contributed by atoms with Crippen molar-refractivity contribution in [2.24, 2.45) is 0 Å². The molecule has 1 amide bonds. The average molecular weight is 267 g/mol. The highest BCUT2D eigenvalue weighted by atomic mass is 16.6. The molecular weight excluding hydrogens is 250 g/mol. The van der Waals surface area contributed by atoms with Gasteiger partial charge in [-0.3, -0.25) is 0 Å². The number of rotatable bonds is 7. The van der Waals surface area contributed by atoms with Gasteiger partial charge in [-0.15, -0.1) is 0 Å². The van der Waals surface area contributed by atoms with E-state index in [2.05, 4.69) is 11.6 Å². The summed E-state index contributed by atoms with van der Waals surface area (Å²) < 4.78 is 6.67. The second kappa shape index (κ2) is 7.20. The normalized spacial score (nSPS) is 9.95. The first-order chi connectivity index (χ1) is 9.04. The number of aliphatic carboxylic acids is 1. The maximum atomic E-state index is 11.7. The van der Waals surface area contributed by atoms with Crippen LogP contribution in [0.4, 0.5) is 4.79 Å². The van der Waals surface area contributed by atoms with Crippen LogP contribution in [0.3, 0.4) is 0 Å². The first-order valence-corrected chi connectivity index (χ1v) is 5.83. The van der Waals surface area contributed by atoms with E-state index in [1.807, 2.05) is 0 Å². The first kappa shape index (κ1) is 14.7. The van der Waals surface area contributed by atoms with Gasteiger partial charge in [0.1, 0.15) is 0 Å². The third kappa shape index (κ3) is 4.82. The molecule has 1 heterocycles. The van der Waals surface area contributed by atoms with Crippen molar-refractivity contribution in [3.05, 3.63) is 30.9 Å². The van der Waals surface area contributed by atoms with E-state index in [9.17, 15) is 9.59 Å². The third-order valence-corrected chi connectivity index (χ3v) is 2.40. The van der Waals surface area contributed by atoms with Gasteiger partial charge in [-0.1, -0.05) is 6.58 Å². The monoisotopic (exact) mass is 267 g/mol. The number of imidazole rings is 1. The van der Waals surface area contributed by atoms with Gasteiger partial charge < -0.3 is 19.3 Å². The Hall–Kier alpha value is -2.31. The summed E-state index contributed by atoms with van der Waals surface area (Å²) in [6.07, 6.45) is 4.46. The van der Waals surface area contributed by atoms with E-state index in [1.165, 1.54) is 4.90 Å². The van der Waals surface area contributed by atoms with Crippen LogP contribution in [0.15, 0.2) is 30.9 Å². The quantitative estimate of drug-likeness (QED) is 0.744. The maximum absolute atomic E-state index is 11.7. The van der Waals surface area contributed by atoms with Crippen molar-refractivity contribution in [2.75, 3.05) is 19.7 Å². The van der Waals surface area contributed by atoms with E-state index < -0.39 is 12.1 Å². The van der Waals surface area contributed by atoms with E-state index in [1.54, 1.807) is 30.2 Å². The largest absolute Gasteiger partial charge is 0.478 e. The van der Waals surface area contributed by atoms with Gasteiger partial charge in [-0.2, -0.15) is 0 Å². The Morgan fingerprint density at radius 2 is 2.26 bits per heavy atom. The lowest BCUT2D eigenvalue weighted by atomic mass is 10.3. The molecule has 7 nitrogen and oxygen atoms in total. The zero-order valence-electron chi connectivity index (χ0n) is 10.8. The van der Waals surface area contributed by atoms with Crippen molar-refractivity contribution < 1.29 is 19.4 Å². The fraction of sp³-hybridized carbons (Fsp3) is 0.417. The van der Waals surface area contributed by atoms with Crippen LogP contribution in [0, 0.1) is 0 Å². The molecule has 1 aromatic heterocycles. The Kier molecular flexibility index (Phi) is 5.59. The molecule has 0 aliphatic heterocycles. The van der Waals surface area contributed by atoms with Gasteiger partial charge in [0.15, 0.2) is 0 Å². The van der Waals surface area contributed by atoms with Crippen LogP contribution in [-0.2, 0) is 16.1 Å². The molecule has 0 bridgehead atoms. The molecular formula is C12H17N3O4. The molecule has 0 unspecified atom stereocenters. The minimum Gasteiger partial charge on any atom is -0.478 e. The maximum Gasteiger partial charge on any atom is 0.410 e. The number of carbonyl (C=O) groups excluding carboxylic acids is 1. The lowest BCUT2D eigenvalue weighted by Gasteiger charge is -2.21. The van der Waals surface area contributed by atoms with Gasteiger partial charge in [-0.05, 0) is 6.92 Å². The van der Waals surface area contributed by atoms with Gasteiger partial charge >= 0.3 is 12.1 Å². The Morgan fingerprint density at radius 3 is 2.79 bits per heavy atom. The minimum atomic E-state index is -1.13. The Labute approximate surface area is 111 Å². The van der Waals surface area contributed by atoms with E-state index in [0.717, 1.165) is 0 Å². The van der Waals surface area contributed by atoms with Crippen molar-refractivity contribution in [3.8, 4) is 0 Å². The number of carbonyl (C=O) groups is 2. The highest BCUT2D eigenvalue weighted by Gasteiger charge is 2.18. The summed E-state index contributed by atoms with van der Waals surface area (Å²) in [4.78, 5) is 27.7. The van der Waals surface area contributed by atoms with Crippen LogP contribution in [0.25, 0.3) is 0 Å². The number of carboxylic acid groups (broad SMARTS) is 1. The summed E-state index contributed by atoms with van der Waals surface area (Å²) in [5.41, 5.74) is -0.0568. The molecule has 1 aromatic rings. The minimum absolute atomic E-state index is 0.0568. The lowest BCUT2D eigenvalue weighted by Crippen LogP contribution is -2.36. The van der Waals surface area contributed by atoms with Gasteiger partial charge in [0.2, 0.25) is 0 Å². The molecule has 7 heteroatoms. The van der Waals surface area contributed by atoms with Crippen molar-refractivity contribution in [2.45, 2.75) is 13.5 Å². The summed E-state index contributed by atoms with van der Waals surface area (Å²) in [7, 11) is 0. The fourth-order valence-electron chi connectivity index (χ4n) is 1.40. The molecule has 1 N–H and O–H groups in total. The number of hydrogen-bond acceptors (Lipinski definition) is 4. The first-order valence-electron chi connectivity index (χ1n) is 5.83. The number of ether oxygens (including phenoxy) is 1. The molecule has 0 saturated carbocycles. The molecule has 0 saturated heterocycles. The van der Waals surface area contributed by atoms with Crippen LogP contribution >= 0.6 is 0 Å². The van der Waals surface area contributed by atoms with Crippen molar-refractivity contribution in [3.63, 3.8) is 0 Å². The third-order valence-electron chi connectivity index (χ3n) is 2.40. The van der Waals surface area contributed by atoms with Crippen molar-refractivity contribution >= 4 is 12.1 Å². The summed E-state index contributed by atoms with van der Waals surface area (Å²) in [6.45, 7) is 6.10. The average Bonchev–Trinajstić information content (AvgIpc) is 2.87. The summed E-state index contributed by atoms with van der Waals surface area (Å²) in [5, 5.41) is 8.80. The molecule has 104 valence electrons. The topological polar surface area (TPSA) is 84.7 Å². The van der Waals surface area contributed by atoms with E-state index in [-0.39, 0.29) is 18.7 Å². The summed E-state index contributed by atoms with van der Waals surface area (Å²) >= 11 is 0. The number of aromatic nitrogens is 2. The zero-order valence-corrected chi connectivity index (χ0v) is 10.8. The lowest BCUT2D eigenvalue weighted by molar-refractivity contribution is -0.132. The van der Waals surface area contributed by atoms with Crippen LogP contribution in [0.1, 0.15) is 6.92 Å². The van der Waals surface area contributed by atoms with E-state index in [0.29, 0.717) is 13.1 Å². The van der Waals surface area contributed by atoms with Crippen LogP contribution in [0.5, 0.6) is 0 Å². The van der Waals surface area contributed by atoms with Crippen LogP contribution in [0.2, 0.25) is 0 Å². The predicted octanol–water partition coefficient (Wildman–Crippen LogP) is 0.982. The summed E-state index contributed by atoms with van der Waals surface area (Å²) in [6, 6.07) is 0. The molecule has 0 atom stereocenters. The molecule has 0 fully saturated rings. The molecule has 19 heavy (non-hydrogen) atoms. The smallest absolute Gasteiger partial charge is 0.410 e. The fourth-order valence-corrected chi connectivity index (χ4v) is 1.40. The standard InChI is InChI=1S/C12H17N3O4/c1-3-19-12(18)15(8-10(2)11(16)17)7-6-14-5-4-13-9-14/h4-5,9H,2-3,6-8H2,1H3,(H,16,17). The SMILES string of the molecule is C=C(CN(CCn1ccnc1)C(=O)OCC)C(=O)O. The van der Waals surface area contributed by atoms with Gasteiger partial charge in [0.05, 0.1) is 19.5 Å². The molecule has 0 aromatic carbocycles. The van der Waals surface area contributed by atoms with Crippen molar-refractivity contribution in [1.29, 1.82) is 0 Å². The molecule has 1 rings (SSSR count). The molecule has 0 spiro atoms. The van der Waals surface area contributed by atoms with Crippen LogP contribution < -0.4 is 0 Å². The number of amides is 1. The van der Waals surface area contributed by atoms with E-state index in [4.69, 9.17) is 9.84 Å².